The molecule has 3 rings (SSSR count). The van der Waals surface area contributed by atoms with Crippen LogP contribution in [0.1, 0.15) is 10.5 Å². The molecule has 0 aliphatic heterocycles. The first kappa shape index (κ1) is 16.8. The number of aromatic nitrogens is 2. The topological polar surface area (TPSA) is 66.9 Å². The van der Waals surface area contributed by atoms with Gasteiger partial charge in [-0.25, -0.2) is 18.7 Å². The predicted octanol–water partition coefficient (Wildman–Crippen LogP) is 4.40. The first-order valence-electron chi connectivity index (χ1n) is 7.13. The van der Waals surface area contributed by atoms with E-state index in [1.54, 1.807) is 24.3 Å². The second kappa shape index (κ2) is 7.23. The second-order valence-corrected chi connectivity index (χ2v) is 5.38. The molecule has 126 valence electrons. The summed E-state index contributed by atoms with van der Waals surface area (Å²) in [6, 6.07) is 11.3. The van der Waals surface area contributed by atoms with Gasteiger partial charge in [-0.3, -0.25) is 4.79 Å². The Bertz CT molecular complexity index is 936. The number of amides is 1. The van der Waals surface area contributed by atoms with Gasteiger partial charge in [0.05, 0.1) is 16.4 Å². The Kier molecular flexibility index (Phi) is 4.85. The van der Waals surface area contributed by atoms with Crippen molar-refractivity contribution in [3.8, 4) is 0 Å². The van der Waals surface area contributed by atoms with Gasteiger partial charge in [-0.15, -0.1) is 0 Å². The summed E-state index contributed by atoms with van der Waals surface area (Å²) in [5, 5.41) is 5.78. The number of hydrogen-bond acceptors (Lipinski definition) is 4. The monoisotopic (exact) mass is 360 g/mol. The lowest BCUT2D eigenvalue weighted by Crippen LogP contribution is -2.15. The van der Waals surface area contributed by atoms with E-state index in [-0.39, 0.29) is 11.4 Å². The highest BCUT2D eigenvalue weighted by atomic mass is 35.5. The van der Waals surface area contributed by atoms with Crippen molar-refractivity contribution in [2.75, 3.05) is 10.6 Å². The quantitative estimate of drug-likeness (QED) is 0.723. The van der Waals surface area contributed by atoms with E-state index in [0.29, 0.717) is 22.6 Å². The van der Waals surface area contributed by atoms with Gasteiger partial charge < -0.3 is 10.6 Å². The minimum Gasteiger partial charge on any atom is -0.339 e. The van der Waals surface area contributed by atoms with E-state index in [1.807, 2.05) is 0 Å². The molecule has 0 radical (unpaired) electrons. The molecule has 1 heterocycles. The van der Waals surface area contributed by atoms with Gasteiger partial charge in [0.1, 0.15) is 29.5 Å². The van der Waals surface area contributed by atoms with Crippen LogP contribution in [0.3, 0.4) is 0 Å². The zero-order chi connectivity index (χ0) is 17.8. The average Bonchev–Trinajstić information content (AvgIpc) is 2.60. The Balaban J connectivity index is 1.79. The van der Waals surface area contributed by atoms with Crippen molar-refractivity contribution in [3.05, 3.63) is 77.2 Å². The summed E-state index contributed by atoms with van der Waals surface area (Å²) in [7, 11) is 0. The summed E-state index contributed by atoms with van der Waals surface area (Å²) in [5.74, 6) is -1.93. The van der Waals surface area contributed by atoms with Crippen LogP contribution in [0.15, 0.2) is 54.9 Å². The van der Waals surface area contributed by atoms with E-state index >= 15 is 0 Å². The normalized spacial score (nSPS) is 10.4. The molecule has 0 aliphatic carbocycles. The second-order valence-electron chi connectivity index (χ2n) is 4.97. The molecular weight excluding hydrogens is 350 g/mol. The number of rotatable bonds is 4. The third kappa shape index (κ3) is 4.07. The Morgan fingerprint density at radius 3 is 2.56 bits per heavy atom. The molecule has 0 fully saturated rings. The minimum absolute atomic E-state index is 0.00767. The Morgan fingerprint density at radius 1 is 1.00 bits per heavy atom. The largest absolute Gasteiger partial charge is 0.339 e. The molecule has 0 saturated heterocycles. The van der Waals surface area contributed by atoms with Gasteiger partial charge in [-0.2, -0.15) is 0 Å². The van der Waals surface area contributed by atoms with Crippen LogP contribution in [-0.4, -0.2) is 15.9 Å². The maximum atomic E-state index is 13.6. The lowest BCUT2D eigenvalue weighted by atomic mass is 10.2. The third-order valence-corrected chi connectivity index (χ3v) is 3.55. The van der Waals surface area contributed by atoms with Crippen LogP contribution < -0.4 is 10.6 Å². The zero-order valence-electron chi connectivity index (χ0n) is 12.6. The molecule has 0 unspecified atom stereocenters. The molecule has 25 heavy (non-hydrogen) atoms. The highest BCUT2D eigenvalue weighted by molar-refractivity contribution is 6.33. The standard InChI is InChI=1S/C17H11ClF2N4O/c18-11-3-1-2-4-13(11)23-16-8-15(21-9-22-16)17(25)24-14-6-5-10(19)7-12(14)20/h1-9H,(H,24,25)(H,21,22,23). The minimum atomic E-state index is -0.878. The van der Waals surface area contributed by atoms with Gasteiger partial charge in [-0.05, 0) is 24.3 Å². The van der Waals surface area contributed by atoms with Gasteiger partial charge >= 0.3 is 0 Å². The number of carbonyl (C=O) groups is 1. The molecular formula is C17H11ClF2N4O. The van der Waals surface area contributed by atoms with E-state index in [2.05, 4.69) is 20.6 Å². The third-order valence-electron chi connectivity index (χ3n) is 3.22. The van der Waals surface area contributed by atoms with Gasteiger partial charge in [0.25, 0.3) is 5.91 Å². The smallest absolute Gasteiger partial charge is 0.274 e. The number of nitrogens with zero attached hydrogens (tertiary/aromatic N) is 2. The fourth-order valence-electron chi connectivity index (χ4n) is 2.03. The number of anilines is 3. The first-order chi connectivity index (χ1) is 12.0. The molecule has 0 saturated carbocycles. The molecule has 0 atom stereocenters. The highest BCUT2D eigenvalue weighted by Crippen LogP contribution is 2.24. The van der Waals surface area contributed by atoms with Crippen LogP contribution in [0.2, 0.25) is 5.02 Å². The molecule has 2 N–H and O–H groups in total. The zero-order valence-corrected chi connectivity index (χ0v) is 13.4. The summed E-state index contributed by atoms with van der Waals surface area (Å²) < 4.78 is 26.5. The predicted molar refractivity (Wildman–Crippen MR) is 91.1 cm³/mol. The Morgan fingerprint density at radius 2 is 1.80 bits per heavy atom. The van der Waals surface area contributed by atoms with E-state index in [9.17, 15) is 13.6 Å². The molecule has 5 nitrogen and oxygen atoms in total. The van der Waals surface area contributed by atoms with Crippen molar-refractivity contribution in [1.82, 2.24) is 9.97 Å². The van der Waals surface area contributed by atoms with Crippen molar-refractivity contribution in [2.24, 2.45) is 0 Å². The van der Waals surface area contributed by atoms with Gasteiger partial charge in [-0.1, -0.05) is 23.7 Å². The fourth-order valence-corrected chi connectivity index (χ4v) is 2.21. The number of benzene rings is 2. The van der Waals surface area contributed by atoms with Crippen LogP contribution in [0.4, 0.5) is 26.0 Å². The van der Waals surface area contributed by atoms with E-state index in [1.165, 1.54) is 12.4 Å². The lowest BCUT2D eigenvalue weighted by Gasteiger charge is -2.09. The molecule has 1 amide bonds. The molecule has 8 heteroatoms. The maximum absolute atomic E-state index is 13.6. The molecule has 0 spiro atoms. The number of hydrogen-bond donors (Lipinski definition) is 2. The van der Waals surface area contributed by atoms with Gasteiger partial charge in [0.2, 0.25) is 0 Å². The molecule has 0 aliphatic rings. The summed E-state index contributed by atoms with van der Waals surface area (Å²) in [5.41, 5.74) is 0.470. The molecule has 1 aromatic heterocycles. The number of carbonyl (C=O) groups excluding carboxylic acids is 1. The summed E-state index contributed by atoms with van der Waals surface area (Å²) >= 11 is 6.06. The highest BCUT2D eigenvalue weighted by Gasteiger charge is 2.12. The lowest BCUT2D eigenvalue weighted by molar-refractivity contribution is 0.102. The van der Waals surface area contributed by atoms with Crippen LogP contribution in [0.25, 0.3) is 0 Å². The van der Waals surface area contributed by atoms with Crippen molar-refractivity contribution >= 4 is 34.7 Å². The Labute approximate surface area is 146 Å². The summed E-state index contributed by atoms with van der Waals surface area (Å²) in [4.78, 5) is 20.1. The van der Waals surface area contributed by atoms with Crippen LogP contribution in [0.5, 0.6) is 0 Å². The van der Waals surface area contributed by atoms with E-state index in [4.69, 9.17) is 11.6 Å². The van der Waals surface area contributed by atoms with Crippen LogP contribution in [-0.2, 0) is 0 Å². The number of nitrogens with one attached hydrogen (secondary N) is 2. The Hall–Kier alpha value is -3.06. The van der Waals surface area contributed by atoms with Crippen molar-refractivity contribution in [3.63, 3.8) is 0 Å². The maximum Gasteiger partial charge on any atom is 0.274 e. The fraction of sp³-hybridized carbons (Fsp3) is 0. The molecule has 0 bridgehead atoms. The number of halogens is 3. The van der Waals surface area contributed by atoms with Crippen LogP contribution >= 0.6 is 11.6 Å². The van der Waals surface area contributed by atoms with Crippen LogP contribution in [0, 0.1) is 11.6 Å². The average molecular weight is 361 g/mol. The first-order valence-corrected chi connectivity index (χ1v) is 7.51. The van der Waals surface area contributed by atoms with Crippen molar-refractivity contribution in [2.45, 2.75) is 0 Å². The van der Waals surface area contributed by atoms with E-state index in [0.717, 1.165) is 12.1 Å². The molecule has 2 aromatic carbocycles. The molecule has 3 aromatic rings. The van der Waals surface area contributed by atoms with E-state index < -0.39 is 17.5 Å². The summed E-state index contributed by atoms with van der Waals surface area (Å²) in [6.45, 7) is 0. The van der Waals surface area contributed by atoms with Crippen molar-refractivity contribution < 1.29 is 13.6 Å². The SMILES string of the molecule is O=C(Nc1ccc(F)cc1F)c1cc(Nc2ccccc2Cl)ncn1. The number of para-hydroxylation sites is 1. The summed E-state index contributed by atoms with van der Waals surface area (Å²) in [6.07, 6.45) is 1.19. The van der Waals surface area contributed by atoms with Gasteiger partial charge in [0, 0.05) is 12.1 Å². The van der Waals surface area contributed by atoms with Crippen molar-refractivity contribution in [1.29, 1.82) is 0 Å². The van der Waals surface area contributed by atoms with Gasteiger partial charge in [0.15, 0.2) is 0 Å².